The molecule has 0 saturated heterocycles. The quantitative estimate of drug-likeness (QED) is 0.571. The van der Waals surface area contributed by atoms with Gasteiger partial charge < -0.3 is 10.3 Å². The second-order valence-electron chi connectivity index (χ2n) is 6.26. The average Bonchev–Trinajstić information content (AvgIpc) is 3.09. The molecular formula is C21H17FN4O. The van der Waals surface area contributed by atoms with Gasteiger partial charge in [0, 0.05) is 42.3 Å². The number of pyridine rings is 2. The van der Waals surface area contributed by atoms with E-state index in [-0.39, 0.29) is 18.1 Å². The number of aromatic nitrogens is 3. The van der Waals surface area contributed by atoms with E-state index in [2.05, 4.69) is 20.3 Å². The van der Waals surface area contributed by atoms with E-state index in [1.54, 1.807) is 30.9 Å². The molecule has 2 N–H and O–H groups in total. The molecular weight excluding hydrogens is 343 g/mol. The molecule has 0 aliphatic carbocycles. The van der Waals surface area contributed by atoms with E-state index in [0.29, 0.717) is 12.2 Å². The van der Waals surface area contributed by atoms with Gasteiger partial charge in [0.2, 0.25) is 5.91 Å². The second kappa shape index (κ2) is 7.37. The summed E-state index contributed by atoms with van der Waals surface area (Å²) in [5.41, 5.74) is 4.04. The molecule has 4 rings (SSSR count). The number of H-pyrrole nitrogens is 1. The van der Waals surface area contributed by atoms with Crippen LogP contribution in [-0.4, -0.2) is 20.9 Å². The molecule has 3 aromatic heterocycles. The lowest BCUT2D eigenvalue weighted by Gasteiger charge is -2.05. The van der Waals surface area contributed by atoms with E-state index in [0.717, 1.165) is 27.6 Å². The molecule has 1 aromatic carbocycles. The molecule has 5 nitrogen and oxygen atoms in total. The molecule has 6 heteroatoms. The number of rotatable bonds is 5. The van der Waals surface area contributed by atoms with Crippen LogP contribution in [0.25, 0.3) is 22.2 Å². The molecule has 0 aliphatic heterocycles. The maximum absolute atomic E-state index is 13.5. The lowest BCUT2D eigenvalue weighted by atomic mass is 10.0. The van der Waals surface area contributed by atoms with Crippen LogP contribution in [0.3, 0.4) is 0 Å². The van der Waals surface area contributed by atoms with Crippen molar-refractivity contribution in [3.63, 3.8) is 0 Å². The molecule has 1 amide bonds. The first-order chi connectivity index (χ1) is 13.2. The van der Waals surface area contributed by atoms with Crippen molar-refractivity contribution in [1.82, 2.24) is 20.3 Å². The zero-order chi connectivity index (χ0) is 18.6. The van der Waals surface area contributed by atoms with Gasteiger partial charge in [-0.05, 0) is 41.0 Å². The molecule has 0 fully saturated rings. The Morgan fingerprint density at radius 1 is 1.11 bits per heavy atom. The van der Waals surface area contributed by atoms with Gasteiger partial charge in [0.05, 0.1) is 6.42 Å². The van der Waals surface area contributed by atoms with E-state index >= 15 is 0 Å². The van der Waals surface area contributed by atoms with Crippen LogP contribution in [-0.2, 0) is 17.8 Å². The minimum absolute atomic E-state index is 0.0871. The number of hydrogen-bond acceptors (Lipinski definition) is 3. The molecule has 27 heavy (non-hydrogen) atoms. The predicted molar refractivity (Wildman–Crippen MR) is 101 cm³/mol. The Bertz CT molecular complexity index is 1090. The summed E-state index contributed by atoms with van der Waals surface area (Å²) in [5, 5.41) is 3.75. The number of halogens is 1. The highest BCUT2D eigenvalue weighted by molar-refractivity contribution is 5.89. The van der Waals surface area contributed by atoms with Crippen LogP contribution in [0.15, 0.2) is 67.3 Å². The number of amides is 1. The average molecular weight is 360 g/mol. The number of carbonyl (C=O) groups is 1. The normalized spacial score (nSPS) is 10.9. The third-order valence-corrected chi connectivity index (χ3v) is 4.34. The van der Waals surface area contributed by atoms with E-state index in [4.69, 9.17) is 0 Å². The van der Waals surface area contributed by atoms with Crippen molar-refractivity contribution in [1.29, 1.82) is 0 Å². The Hall–Kier alpha value is -3.54. The van der Waals surface area contributed by atoms with Gasteiger partial charge in [-0.25, -0.2) is 9.37 Å². The molecule has 0 saturated carbocycles. The van der Waals surface area contributed by atoms with Gasteiger partial charge in [-0.1, -0.05) is 18.2 Å². The summed E-state index contributed by atoms with van der Waals surface area (Å²) in [4.78, 5) is 23.8. The zero-order valence-electron chi connectivity index (χ0n) is 14.4. The first-order valence-electron chi connectivity index (χ1n) is 8.56. The van der Waals surface area contributed by atoms with Crippen LogP contribution >= 0.6 is 0 Å². The van der Waals surface area contributed by atoms with Crippen molar-refractivity contribution in [3.8, 4) is 11.1 Å². The van der Waals surface area contributed by atoms with Gasteiger partial charge >= 0.3 is 0 Å². The monoisotopic (exact) mass is 360 g/mol. The topological polar surface area (TPSA) is 70.7 Å². The van der Waals surface area contributed by atoms with Gasteiger partial charge in [0.15, 0.2) is 0 Å². The molecule has 0 spiro atoms. The Morgan fingerprint density at radius 2 is 2.04 bits per heavy atom. The molecule has 0 atom stereocenters. The van der Waals surface area contributed by atoms with Gasteiger partial charge in [-0.2, -0.15) is 0 Å². The first-order valence-corrected chi connectivity index (χ1v) is 8.56. The number of nitrogens with one attached hydrogen (secondary N) is 2. The standard InChI is InChI=1S/C21H17FN4O/c22-18-5-1-4-15(7-18)16-8-19-17(13-26-21(19)25-12-16)9-20(27)24-11-14-3-2-6-23-10-14/h1-8,10,12-13H,9,11H2,(H,24,27)(H,25,26). The lowest BCUT2D eigenvalue weighted by molar-refractivity contribution is -0.120. The Balaban J connectivity index is 1.53. The minimum Gasteiger partial charge on any atom is -0.352 e. The summed E-state index contributed by atoms with van der Waals surface area (Å²) in [6, 6.07) is 12.0. The summed E-state index contributed by atoms with van der Waals surface area (Å²) in [6.07, 6.45) is 7.13. The molecule has 0 bridgehead atoms. The van der Waals surface area contributed by atoms with Crippen molar-refractivity contribution >= 4 is 16.9 Å². The maximum Gasteiger partial charge on any atom is 0.224 e. The van der Waals surface area contributed by atoms with Gasteiger partial charge in [0.25, 0.3) is 0 Å². The number of fused-ring (bicyclic) bond motifs is 1. The minimum atomic E-state index is -0.295. The van der Waals surface area contributed by atoms with E-state index < -0.39 is 0 Å². The highest BCUT2D eigenvalue weighted by atomic mass is 19.1. The third-order valence-electron chi connectivity index (χ3n) is 4.34. The zero-order valence-corrected chi connectivity index (χ0v) is 14.4. The van der Waals surface area contributed by atoms with Gasteiger partial charge in [-0.3, -0.25) is 9.78 Å². The molecule has 3 heterocycles. The number of benzene rings is 1. The van der Waals surface area contributed by atoms with Crippen molar-refractivity contribution in [2.24, 2.45) is 0 Å². The third kappa shape index (κ3) is 3.84. The first kappa shape index (κ1) is 16.9. The van der Waals surface area contributed by atoms with Crippen LogP contribution in [0.5, 0.6) is 0 Å². The molecule has 0 radical (unpaired) electrons. The lowest BCUT2D eigenvalue weighted by Crippen LogP contribution is -2.24. The van der Waals surface area contributed by atoms with Crippen molar-refractivity contribution in [2.75, 3.05) is 0 Å². The smallest absolute Gasteiger partial charge is 0.224 e. The highest BCUT2D eigenvalue weighted by Gasteiger charge is 2.11. The van der Waals surface area contributed by atoms with E-state index in [9.17, 15) is 9.18 Å². The van der Waals surface area contributed by atoms with Crippen LogP contribution in [0.2, 0.25) is 0 Å². The maximum atomic E-state index is 13.5. The number of aromatic amines is 1. The van der Waals surface area contributed by atoms with E-state index in [1.807, 2.05) is 24.3 Å². The van der Waals surface area contributed by atoms with Crippen molar-refractivity contribution in [3.05, 3.63) is 84.2 Å². The second-order valence-corrected chi connectivity index (χ2v) is 6.26. The van der Waals surface area contributed by atoms with Crippen LogP contribution < -0.4 is 5.32 Å². The van der Waals surface area contributed by atoms with Crippen molar-refractivity contribution < 1.29 is 9.18 Å². The number of hydrogen-bond donors (Lipinski definition) is 2. The highest BCUT2D eigenvalue weighted by Crippen LogP contribution is 2.25. The number of nitrogens with zero attached hydrogens (tertiary/aromatic N) is 2. The molecule has 4 aromatic rings. The Labute approximate surface area is 155 Å². The summed E-state index contributed by atoms with van der Waals surface area (Å²) in [6.45, 7) is 0.432. The SMILES string of the molecule is O=C(Cc1c[nH]c2ncc(-c3cccc(F)c3)cc12)NCc1cccnc1. The Kier molecular flexibility index (Phi) is 4.61. The molecule has 0 unspecified atom stereocenters. The summed E-state index contributed by atoms with van der Waals surface area (Å²) in [5.74, 6) is -0.382. The fourth-order valence-electron chi connectivity index (χ4n) is 2.97. The van der Waals surface area contributed by atoms with E-state index in [1.165, 1.54) is 12.1 Å². The van der Waals surface area contributed by atoms with Crippen LogP contribution in [0, 0.1) is 5.82 Å². The fraction of sp³-hybridized carbons (Fsp3) is 0.0952. The summed E-state index contributed by atoms with van der Waals surface area (Å²) < 4.78 is 13.5. The largest absolute Gasteiger partial charge is 0.352 e. The van der Waals surface area contributed by atoms with Crippen LogP contribution in [0.1, 0.15) is 11.1 Å². The van der Waals surface area contributed by atoms with Crippen molar-refractivity contribution in [2.45, 2.75) is 13.0 Å². The summed E-state index contributed by atoms with van der Waals surface area (Å²) in [7, 11) is 0. The molecule has 134 valence electrons. The fourth-order valence-corrected chi connectivity index (χ4v) is 2.97. The van der Waals surface area contributed by atoms with Crippen LogP contribution in [0.4, 0.5) is 4.39 Å². The molecule has 0 aliphatic rings. The summed E-state index contributed by atoms with van der Waals surface area (Å²) >= 11 is 0. The predicted octanol–water partition coefficient (Wildman–Crippen LogP) is 3.62. The van der Waals surface area contributed by atoms with Gasteiger partial charge in [0.1, 0.15) is 11.5 Å². The number of carbonyl (C=O) groups excluding carboxylic acids is 1. The van der Waals surface area contributed by atoms with Gasteiger partial charge in [-0.15, -0.1) is 0 Å². The Morgan fingerprint density at radius 3 is 2.85 bits per heavy atom.